The summed E-state index contributed by atoms with van der Waals surface area (Å²) in [4.78, 5) is 0. The van der Waals surface area contributed by atoms with Crippen molar-refractivity contribution in [1.82, 2.24) is 5.32 Å². The Morgan fingerprint density at radius 2 is 1.85 bits per heavy atom. The summed E-state index contributed by atoms with van der Waals surface area (Å²) in [6.07, 6.45) is 5.42. The smallest absolute Gasteiger partial charge is 0.127 e. The molecule has 3 rings (SSSR count). The highest BCUT2D eigenvalue weighted by Crippen LogP contribution is 2.32. The molecule has 2 atom stereocenters. The van der Waals surface area contributed by atoms with Gasteiger partial charge in [-0.1, -0.05) is 42.8 Å². The molecule has 1 aliphatic carbocycles. The number of nitrogens with one attached hydrogen (secondary N) is 1. The maximum atomic E-state index is 6.39. The summed E-state index contributed by atoms with van der Waals surface area (Å²) in [6.45, 7) is 1.05. The van der Waals surface area contributed by atoms with Crippen molar-refractivity contribution in [2.24, 2.45) is 5.92 Å². The van der Waals surface area contributed by atoms with E-state index in [0.717, 1.165) is 12.3 Å². The Morgan fingerprint density at radius 1 is 1.05 bits per heavy atom. The molecular formula is C18H23NO. The second-order valence-electron chi connectivity index (χ2n) is 5.74. The molecule has 20 heavy (non-hydrogen) atoms. The fourth-order valence-electron chi connectivity index (χ4n) is 3.29. The van der Waals surface area contributed by atoms with Crippen molar-refractivity contribution < 1.29 is 4.74 Å². The third-order valence-electron chi connectivity index (χ3n) is 4.33. The third-order valence-corrected chi connectivity index (χ3v) is 4.33. The molecule has 2 aromatic rings. The van der Waals surface area contributed by atoms with Crippen LogP contribution in [0.1, 0.15) is 25.7 Å². The van der Waals surface area contributed by atoms with Gasteiger partial charge in [0.25, 0.3) is 0 Å². The lowest BCUT2D eigenvalue weighted by Gasteiger charge is -2.32. The molecule has 0 radical (unpaired) electrons. The number of fused-ring (bicyclic) bond motifs is 1. The van der Waals surface area contributed by atoms with Crippen molar-refractivity contribution in [3.8, 4) is 5.75 Å². The molecule has 0 aromatic heterocycles. The Labute approximate surface area is 121 Å². The SMILES string of the molecule is CNCC1CCCCC1Oc1cccc2ccccc12. The molecule has 2 unspecified atom stereocenters. The van der Waals surface area contributed by atoms with Crippen molar-refractivity contribution in [3.05, 3.63) is 42.5 Å². The lowest BCUT2D eigenvalue weighted by Crippen LogP contribution is -2.36. The first-order chi connectivity index (χ1) is 9.88. The zero-order chi connectivity index (χ0) is 13.8. The predicted molar refractivity (Wildman–Crippen MR) is 84.2 cm³/mol. The van der Waals surface area contributed by atoms with Crippen LogP contribution in [-0.2, 0) is 0 Å². The van der Waals surface area contributed by atoms with Gasteiger partial charge in [0.05, 0.1) is 0 Å². The molecule has 1 aliphatic rings. The maximum Gasteiger partial charge on any atom is 0.127 e. The van der Waals surface area contributed by atoms with Gasteiger partial charge in [0.15, 0.2) is 0 Å². The van der Waals surface area contributed by atoms with Crippen LogP contribution in [0.3, 0.4) is 0 Å². The summed E-state index contributed by atoms with van der Waals surface area (Å²) >= 11 is 0. The highest BCUT2D eigenvalue weighted by molar-refractivity contribution is 5.88. The minimum atomic E-state index is 0.349. The summed E-state index contributed by atoms with van der Waals surface area (Å²) in [6, 6.07) is 14.8. The number of benzene rings is 2. The van der Waals surface area contributed by atoms with E-state index < -0.39 is 0 Å². The minimum Gasteiger partial charge on any atom is -0.489 e. The molecule has 0 aliphatic heterocycles. The highest BCUT2D eigenvalue weighted by Gasteiger charge is 2.26. The topological polar surface area (TPSA) is 21.3 Å². The fourth-order valence-corrected chi connectivity index (χ4v) is 3.29. The molecule has 1 saturated carbocycles. The second-order valence-corrected chi connectivity index (χ2v) is 5.74. The second kappa shape index (κ2) is 6.27. The van der Waals surface area contributed by atoms with Crippen LogP contribution in [0, 0.1) is 5.92 Å². The van der Waals surface area contributed by atoms with E-state index in [-0.39, 0.29) is 0 Å². The number of rotatable bonds is 4. The third kappa shape index (κ3) is 2.80. The summed E-state index contributed by atoms with van der Waals surface area (Å²) in [7, 11) is 2.03. The van der Waals surface area contributed by atoms with E-state index in [1.54, 1.807) is 0 Å². The highest BCUT2D eigenvalue weighted by atomic mass is 16.5. The van der Waals surface area contributed by atoms with Gasteiger partial charge in [-0.2, -0.15) is 0 Å². The van der Waals surface area contributed by atoms with Gasteiger partial charge in [0.1, 0.15) is 11.9 Å². The largest absolute Gasteiger partial charge is 0.489 e. The molecule has 106 valence electrons. The van der Waals surface area contributed by atoms with E-state index in [1.807, 2.05) is 7.05 Å². The van der Waals surface area contributed by atoms with Crippen molar-refractivity contribution >= 4 is 10.8 Å². The van der Waals surface area contributed by atoms with Crippen LogP contribution in [-0.4, -0.2) is 19.7 Å². The predicted octanol–water partition coefficient (Wildman–Crippen LogP) is 4.00. The van der Waals surface area contributed by atoms with Gasteiger partial charge in [0, 0.05) is 17.8 Å². The van der Waals surface area contributed by atoms with E-state index in [4.69, 9.17) is 4.74 Å². The Kier molecular flexibility index (Phi) is 4.22. The number of hydrogen-bond donors (Lipinski definition) is 1. The summed E-state index contributed by atoms with van der Waals surface area (Å²) in [5.74, 6) is 1.67. The number of ether oxygens (including phenoxy) is 1. The van der Waals surface area contributed by atoms with Crippen molar-refractivity contribution in [3.63, 3.8) is 0 Å². The van der Waals surface area contributed by atoms with E-state index in [1.165, 1.54) is 36.5 Å². The Balaban J connectivity index is 1.84. The van der Waals surface area contributed by atoms with Gasteiger partial charge in [-0.05, 0) is 37.8 Å². The first-order valence-corrected chi connectivity index (χ1v) is 7.67. The number of hydrogen-bond acceptors (Lipinski definition) is 2. The molecule has 1 fully saturated rings. The van der Waals surface area contributed by atoms with Crippen molar-refractivity contribution in [2.45, 2.75) is 31.8 Å². The first-order valence-electron chi connectivity index (χ1n) is 7.67. The summed E-state index contributed by atoms with van der Waals surface area (Å²) in [5.41, 5.74) is 0. The van der Waals surface area contributed by atoms with Crippen molar-refractivity contribution in [2.75, 3.05) is 13.6 Å². The Morgan fingerprint density at radius 3 is 2.75 bits per heavy atom. The fraction of sp³-hybridized carbons (Fsp3) is 0.444. The average molecular weight is 269 g/mol. The molecule has 2 nitrogen and oxygen atoms in total. The molecule has 0 bridgehead atoms. The van der Waals surface area contributed by atoms with Gasteiger partial charge in [-0.25, -0.2) is 0 Å². The molecule has 0 saturated heterocycles. The normalized spacial score (nSPS) is 22.9. The van der Waals surface area contributed by atoms with E-state index in [0.29, 0.717) is 12.0 Å². The lowest BCUT2D eigenvalue weighted by molar-refractivity contribution is 0.0946. The van der Waals surface area contributed by atoms with E-state index >= 15 is 0 Å². The molecule has 0 heterocycles. The monoisotopic (exact) mass is 269 g/mol. The quantitative estimate of drug-likeness (QED) is 0.906. The Bertz CT molecular complexity index is 559. The van der Waals surface area contributed by atoms with Crippen LogP contribution < -0.4 is 10.1 Å². The zero-order valence-electron chi connectivity index (χ0n) is 12.1. The van der Waals surface area contributed by atoms with Gasteiger partial charge in [-0.3, -0.25) is 0 Å². The van der Waals surface area contributed by atoms with Crippen LogP contribution in [0.5, 0.6) is 5.75 Å². The summed E-state index contributed by atoms with van der Waals surface area (Å²) < 4.78 is 6.39. The summed E-state index contributed by atoms with van der Waals surface area (Å²) in [5, 5.41) is 5.79. The van der Waals surface area contributed by atoms with Gasteiger partial charge in [0.2, 0.25) is 0 Å². The molecule has 2 heteroatoms. The zero-order valence-corrected chi connectivity index (χ0v) is 12.1. The molecule has 0 spiro atoms. The maximum absolute atomic E-state index is 6.39. The van der Waals surface area contributed by atoms with Crippen LogP contribution >= 0.6 is 0 Å². The van der Waals surface area contributed by atoms with Gasteiger partial charge >= 0.3 is 0 Å². The Hall–Kier alpha value is -1.54. The van der Waals surface area contributed by atoms with Gasteiger partial charge in [-0.15, -0.1) is 0 Å². The van der Waals surface area contributed by atoms with Crippen LogP contribution in [0.15, 0.2) is 42.5 Å². The van der Waals surface area contributed by atoms with Crippen LogP contribution in [0.2, 0.25) is 0 Å². The lowest BCUT2D eigenvalue weighted by atomic mass is 9.86. The minimum absolute atomic E-state index is 0.349. The van der Waals surface area contributed by atoms with E-state index in [9.17, 15) is 0 Å². The van der Waals surface area contributed by atoms with Crippen LogP contribution in [0.4, 0.5) is 0 Å². The van der Waals surface area contributed by atoms with Crippen LogP contribution in [0.25, 0.3) is 10.8 Å². The molecule has 1 N–H and O–H groups in total. The molecule has 0 amide bonds. The van der Waals surface area contributed by atoms with E-state index in [2.05, 4.69) is 47.8 Å². The molecule has 2 aromatic carbocycles. The van der Waals surface area contributed by atoms with Gasteiger partial charge < -0.3 is 10.1 Å². The first kappa shape index (κ1) is 13.4. The molecular weight excluding hydrogens is 246 g/mol. The average Bonchev–Trinajstić information content (AvgIpc) is 2.50. The standard InChI is InChI=1S/C18H23NO/c1-19-13-15-8-3-5-11-17(15)20-18-12-6-9-14-7-2-4-10-16(14)18/h2,4,6-7,9-10,12,15,17,19H,3,5,8,11,13H2,1H3. The van der Waals surface area contributed by atoms with Crippen molar-refractivity contribution in [1.29, 1.82) is 0 Å².